The normalized spacial score (nSPS) is 12.4. The fraction of sp³-hybridized carbons (Fsp3) is 0.200. The van der Waals surface area contributed by atoms with Crippen LogP contribution in [0.5, 0.6) is 0 Å². The van der Waals surface area contributed by atoms with Gasteiger partial charge in [-0.25, -0.2) is 4.98 Å². The van der Waals surface area contributed by atoms with Crippen LogP contribution in [0.2, 0.25) is 0 Å². The van der Waals surface area contributed by atoms with Crippen molar-refractivity contribution in [2.24, 2.45) is 5.92 Å². The van der Waals surface area contributed by atoms with Crippen LogP contribution in [-0.4, -0.2) is 29.9 Å². The third-order valence-corrected chi connectivity index (χ3v) is 4.50. The predicted octanol–water partition coefficient (Wildman–Crippen LogP) is 4.11. The highest BCUT2D eigenvalue weighted by Crippen LogP contribution is 2.29. The monoisotopic (exact) mass is 362 g/mol. The van der Waals surface area contributed by atoms with Gasteiger partial charge in [-0.15, -0.1) is 5.10 Å². The Morgan fingerprint density at radius 1 is 1.00 bits per heavy atom. The largest absolute Gasteiger partial charge is 0.329 e. The number of aromatic nitrogens is 6. The van der Waals surface area contributed by atoms with Crippen molar-refractivity contribution in [3.63, 3.8) is 0 Å². The molecule has 0 bridgehead atoms. The molecule has 0 aliphatic rings. The van der Waals surface area contributed by atoms with Crippen LogP contribution in [0.4, 0.5) is 4.39 Å². The third kappa shape index (κ3) is 3.36. The van der Waals surface area contributed by atoms with Crippen molar-refractivity contribution in [3.8, 4) is 22.6 Å². The summed E-state index contributed by atoms with van der Waals surface area (Å²) in [6.07, 6.45) is 5.41. The lowest BCUT2D eigenvalue weighted by Crippen LogP contribution is -2.15. The maximum atomic E-state index is 13.7. The SMILES string of the molecule is CC(C)C(c1ccccc1)n1cnc(-c2cc(-c3n[nH]nc3F)ccn2)c1. The van der Waals surface area contributed by atoms with E-state index in [1.807, 2.05) is 30.7 Å². The number of rotatable bonds is 5. The standard InChI is InChI=1S/C20H19FN6/c1-13(2)19(14-6-4-3-5-7-14)27-11-17(23-12-27)16-10-15(8-9-22-16)18-20(21)25-26-24-18/h3-13,19H,1-2H3,(H,24,25,26). The molecule has 0 amide bonds. The number of benzene rings is 1. The molecule has 0 aliphatic carbocycles. The molecule has 1 N–H and O–H groups in total. The van der Waals surface area contributed by atoms with E-state index >= 15 is 0 Å². The van der Waals surface area contributed by atoms with Gasteiger partial charge in [-0.1, -0.05) is 44.2 Å². The highest BCUT2D eigenvalue weighted by molar-refractivity contribution is 5.65. The van der Waals surface area contributed by atoms with Gasteiger partial charge >= 0.3 is 0 Å². The number of nitrogens with zero attached hydrogens (tertiary/aromatic N) is 5. The minimum atomic E-state index is -0.637. The van der Waals surface area contributed by atoms with Crippen LogP contribution in [0, 0.1) is 11.9 Å². The van der Waals surface area contributed by atoms with Gasteiger partial charge in [-0.05, 0) is 23.6 Å². The molecule has 0 spiro atoms. The Morgan fingerprint density at radius 2 is 1.81 bits per heavy atom. The summed E-state index contributed by atoms with van der Waals surface area (Å²) >= 11 is 0. The molecule has 3 aromatic heterocycles. The summed E-state index contributed by atoms with van der Waals surface area (Å²) in [5, 5.41) is 9.58. The molecule has 0 saturated carbocycles. The zero-order valence-corrected chi connectivity index (χ0v) is 15.0. The summed E-state index contributed by atoms with van der Waals surface area (Å²) < 4.78 is 15.8. The van der Waals surface area contributed by atoms with E-state index < -0.39 is 5.95 Å². The van der Waals surface area contributed by atoms with E-state index in [9.17, 15) is 4.39 Å². The smallest absolute Gasteiger partial charge is 0.260 e. The van der Waals surface area contributed by atoms with Gasteiger partial charge in [0, 0.05) is 18.0 Å². The van der Waals surface area contributed by atoms with Crippen molar-refractivity contribution in [2.75, 3.05) is 0 Å². The number of hydrogen-bond donors (Lipinski definition) is 1. The minimum absolute atomic E-state index is 0.169. The van der Waals surface area contributed by atoms with Crippen molar-refractivity contribution in [1.29, 1.82) is 0 Å². The summed E-state index contributed by atoms with van der Waals surface area (Å²) in [5.41, 5.74) is 3.38. The Morgan fingerprint density at radius 3 is 2.52 bits per heavy atom. The van der Waals surface area contributed by atoms with Crippen LogP contribution in [0.25, 0.3) is 22.6 Å². The van der Waals surface area contributed by atoms with E-state index in [0.29, 0.717) is 17.2 Å². The number of hydrogen-bond acceptors (Lipinski definition) is 4. The van der Waals surface area contributed by atoms with E-state index in [1.54, 1.807) is 18.3 Å². The molecule has 3 heterocycles. The molecule has 1 aromatic carbocycles. The second-order valence-corrected chi connectivity index (χ2v) is 6.70. The van der Waals surface area contributed by atoms with Gasteiger partial charge in [0.05, 0.1) is 18.1 Å². The Hall–Kier alpha value is -3.35. The molecular weight excluding hydrogens is 343 g/mol. The molecule has 0 saturated heterocycles. The first kappa shape index (κ1) is 17.1. The quantitative estimate of drug-likeness (QED) is 0.580. The molecular formula is C20H19FN6. The molecule has 4 rings (SSSR count). The van der Waals surface area contributed by atoms with Crippen LogP contribution in [0.3, 0.4) is 0 Å². The second-order valence-electron chi connectivity index (χ2n) is 6.70. The molecule has 7 heteroatoms. The lowest BCUT2D eigenvalue weighted by Gasteiger charge is -2.22. The van der Waals surface area contributed by atoms with Gasteiger partial charge in [0.2, 0.25) is 0 Å². The molecule has 27 heavy (non-hydrogen) atoms. The summed E-state index contributed by atoms with van der Waals surface area (Å²) in [5.74, 6) is -0.250. The Balaban J connectivity index is 1.69. The average molecular weight is 362 g/mol. The first-order valence-electron chi connectivity index (χ1n) is 8.75. The van der Waals surface area contributed by atoms with Crippen molar-refractivity contribution in [2.45, 2.75) is 19.9 Å². The maximum Gasteiger partial charge on any atom is 0.260 e. The summed E-state index contributed by atoms with van der Waals surface area (Å²) in [6.45, 7) is 4.37. The lowest BCUT2D eigenvalue weighted by molar-refractivity contribution is 0.436. The van der Waals surface area contributed by atoms with E-state index in [2.05, 4.69) is 55.9 Å². The lowest BCUT2D eigenvalue weighted by atomic mass is 9.96. The van der Waals surface area contributed by atoms with Crippen molar-refractivity contribution < 1.29 is 4.39 Å². The number of H-pyrrole nitrogens is 1. The maximum absolute atomic E-state index is 13.7. The van der Waals surface area contributed by atoms with E-state index in [-0.39, 0.29) is 11.7 Å². The molecule has 1 unspecified atom stereocenters. The topological polar surface area (TPSA) is 72.3 Å². The van der Waals surface area contributed by atoms with Crippen LogP contribution in [0.15, 0.2) is 61.2 Å². The van der Waals surface area contributed by atoms with E-state index in [1.165, 1.54) is 5.56 Å². The zero-order chi connectivity index (χ0) is 18.8. The summed E-state index contributed by atoms with van der Waals surface area (Å²) in [7, 11) is 0. The first-order valence-corrected chi connectivity index (χ1v) is 8.75. The third-order valence-electron chi connectivity index (χ3n) is 4.50. The van der Waals surface area contributed by atoms with Gasteiger partial charge in [0.25, 0.3) is 5.95 Å². The Kier molecular flexibility index (Phi) is 4.50. The summed E-state index contributed by atoms with van der Waals surface area (Å²) in [6, 6.07) is 14.0. The molecule has 1 atom stereocenters. The van der Waals surface area contributed by atoms with Gasteiger partial charge in [-0.3, -0.25) is 4.98 Å². The second kappa shape index (κ2) is 7.11. The Labute approximate surface area is 156 Å². The van der Waals surface area contributed by atoms with Gasteiger partial charge < -0.3 is 4.57 Å². The van der Waals surface area contributed by atoms with Gasteiger partial charge in [-0.2, -0.15) is 14.7 Å². The van der Waals surface area contributed by atoms with E-state index in [0.717, 1.165) is 5.69 Å². The van der Waals surface area contributed by atoms with Crippen molar-refractivity contribution >= 4 is 0 Å². The fourth-order valence-corrected chi connectivity index (χ4v) is 3.29. The van der Waals surface area contributed by atoms with E-state index in [4.69, 9.17) is 0 Å². The van der Waals surface area contributed by atoms with Crippen molar-refractivity contribution in [3.05, 3.63) is 72.7 Å². The predicted molar refractivity (Wildman–Crippen MR) is 100 cm³/mol. The van der Waals surface area contributed by atoms with Gasteiger partial charge in [0.15, 0.2) is 0 Å². The molecule has 0 aliphatic heterocycles. The number of nitrogens with one attached hydrogen (secondary N) is 1. The van der Waals surface area contributed by atoms with Crippen LogP contribution >= 0.6 is 0 Å². The number of imidazole rings is 1. The zero-order valence-electron chi connectivity index (χ0n) is 15.0. The number of aromatic amines is 1. The van der Waals surface area contributed by atoms with Crippen molar-refractivity contribution in [1.82, 2.24) is 29.9 Å². The van der Waals surface area contributed by atoms with Gasteiger partial charge in [0.1, 0.15) is 11.4 Å². The summed E-state index contributed by atoms with van der Waals surface area (Å²) in [4.78, 5) is 8.91. The molecule has 4 aromatic rings. The highest BCUT2D eigenvalue weighted by atomic mass is 19.1. The molecule has 6 nitrogen and oxygen atoms in total. The number of halogens is 1. The minimum Gasteiger partial charge on any atom is -0.329 e. The van der Waals surface area contributed by atoms with Crippen LogP contribution in [0.1, 0.15) is 25.5 Å². The molecule has 136 valence electrons. The first-order chi connectivity index (χ1) is 13.1. The molecule has 0 fully saturated rings. The number of pyridine rings is 1. The fourth-order valence-electron chi connectivity index (χ4n) is 3.29. The average Bonchev–Trinajstić information content (AvgIpc) is 3.32. The van der Waals surface area contributed by atoms with Crippen LogP contribution in [-0.2, 0) is 0 Å². The van der Waals surface area contributed by atoms with Crippen LogP contribution < -0.4 is 0 Å². The highest BCUT2D eigenvalue weighted by Gasteiger charge is 2.19. The molecule has 0 radical (unpaired) electrons. The Bertz CT molecular complexity index is 1040.